The molecule has 25 heavy (non-hydrogen) atoms. The van der Waals surface area contributed by atoms with Crippen molar-refractivity contribution in [2.45, 2.75) is 56.8 Å². The molecule has 1 aliphatic carbocycles. The lowest BCUT2D eigenvalue weighted by atomic mass is 9.86. The fourth-order valence-electron chi connectivity index (χ4n) is 3.80. The number of H-pyrrole nitrogens is 1. The minimum Gasteiger partial charge on any atom is -0.351 e. The number of nitrogens with two attached hydrogens (primary N) is 1. The lowest BCUT2D eigenvalue weighted by Gasteiger charge is -2.34. The lowest BCUT2D eigenvalue weighted by molar-refractivity contribution is -0.145. The van der Waals surface area contributed by atoms with Crippen molar-refractivity contribution in [3.63, 3.8) is 0 Å². The highest BCUT2D eigenvalue weighted by Gasteiger charge is 2.47. The average Bonchev–Trinajstić information content (AvgIpc) is 3.06. The maximum Gasteiger partial charge on any atom is 0.268 e. The van der Waals surface area contributed by atoms with Crippen molar-refractivity contribution < 1.29 is 14.3 Å². The Morgan fingerprint density at radius 3 is 2.76 bits per heavy atom. The predicted octanol–water partition coefficient (Wildman–Crippen LogP) is 2.56. The monoisotopic (exact) mass is 363 g/mol. The van der Waals surface area contributed by atoms with Gasteiger partial charge in [0, 0.05) is 28.0 Å². The molecular weight excluding hydrogens is 342 g/mol. The number of nitrogens with one attached hydrogen (secondary N) is 2. The highest BCUT2D eigenvalue weighted by atomic mass is 35.5. The van der Waals surface area contributed by atoms with E-state index in [1.807, 2.05) is 26.0 Å². The largest absolute Gasteiger partial charge is 0.351 e. The molecule has 4 N–H and O–H groups in total. The van der Waals surface area contributed by atoms with Crippen LogP contribution < -0.4 is 11.1 Å². The highest BCUT2D eigenvalue weighted by molar-refractivity contribution is 6.31. The van der Waals surface area contributed by atoms with Crippen LogP contribution in [0.5, 0.6) is 0 Å². The third-order valence-corrected chi connectivity index (χ3v) is 5.17. The van der Waals surface area contributed by atoms with Gasteiger partial charge in [0.05, 0.1) is 12.2 Å². The van der Waals surface area contributed by atoms with Crippen molar-refractivity contribution >= 4 is 28.4 Å². The average molecular weight is 364 g/mol. The second kappa shape index (κ2) is 5.99. The molecule has 2 fully saturated rings. The Bertz CT molecular complexity index is 819. The zero-order valence-electron chi connectivity index (χ0n) is 14.2. The van der Waals surface area contributed by atoms with Crippen LogP contribution in [-0.2, 0) is 9.47 Å². The Labute approximate surface area is 151 Å². The summed E-state index contributed by atoms with van der Waals surface area (Å²) in [6, 6.07) is 6.96. The van der Waals surface area contributed by atoms with Crippen molar-refractivity contribution in [3.8, 4) is 0 Å². The number of ether oxygens (including phenoxy) is 2. The fourth-order valence-corrected chi connectivity index (χ4v) is 3.98. The summed E-state index contributed by atoms with van der Waals surface area (Å²) in [5, 5.41) is 4.58. The van der Waals surface area contributed by atoms with Crippen LogP contribution in [-0.4, -0.2) is 41.0 Å². The number of aromatic nitrogens is 1. The van der Waals surface area contributed by atoms with Crippen LogP contribution in [0.25, 0.3) is 10.9 Å². The summed E-state index contributed by atoms with van der Waals surface area (Å²) >= 11 is 6.00. The minimum absolute atomic E-state index is 0.00614. The summed E-state index contributed by atoms with van der Waals surface area (Å²) in [4.78, 5) is 15.7. The van der Waals surface area contributed by atoms with Crippen molar-refractivity contribution in [3.05, 3.63) is 35.0 Å². The number of carbonyl (C=O) groups excluding carboxylic acids is 1. The number of halogens is 1. The Morgan fingerprint density at radius 1 is 1.28 bits per heavy atom. The summed E-state index contributed by atoms with van der Waals surface area (Å²) in [5.74, 6) is -0.769. The van der Waals surface area contributed by atoms with E-state index in [0.717, 1.165) is 10.9 Å². The molecule has 0 bridgehead atoms. The molecule has 134 valence electrons. The van der Waals surface area contributed by atoms with Gasteiger partial charge in [0.1, 0.15) is 5.69 Å². The van der Waals surface area contributed by atoms with Gasteiger partial charge in [-0.25, -0.2) is 0 Å². The number of hydrogen-bond donors (Lipinski definition) is 3. The zero-order valence-corrected chi connectivity index (χ0v) is 15.0. The number of amides is 1. The van der Waals surface area contributed by atoms with E-state index in [-0.39, 0.29) is 30.2 Å². The molecule has 2 aliphatic rings. The third kappa shape index (κ3) is 3.27. The molecule has 6 nitrogen and oxygen atoms in total. The van der Waals surface area contributed by atoms with Crippen LogP contribution in [0, 0.1) is 0 Å². The summed E-state index contributed by atoms with van der Waals surface area (Å²) in [6.45, 7) is 3.81. The van der Waals surface area contributed by atoms with Crippen LogP contribution in [0.4, 0.5) is 0 Å². The molecule has 2 unspecified atom stereocenters. The molecule has 2 heterocycles. The van der Waals surface area contributed by atoms with Crippen molar-refractivity contribution in [1.82, 2.24) is 10.3 Å². The SMILES string of the molecule is CC1(C)OC2C[C@@H](N)[C@@H](NC(=O)c3cc4cc(Cl)ccc4[nH]3)CC2O1. The fraction of sp³-hybridized carbons (Fsp3) is 0.500. The summed E-state index contributed by atoms with van der Waals surface area (Å²) in [7, 11) is 0. The Hall–Kier alpha value is -1.60. The topological polar surface area (TPSA) is 89.4 Å². The third-order valence-electron chi connectivity index (χ3n) is 4.94. The van der Waals surface area contributed by atoms with Crippen LogP contribution in [0.15, 0.2) is 24.3 Å². The number of rotatable bonds is 2. The second-order valence-corrected chi connectivity index (χ2v) is 7.78. The van der Waals surface area contributed by atoms with Gasteiger partial charge in [-0.1, -0.05) is 11.6 Å². The molecule has 0 spiro atoms. The summed E-state index contributed by atoms with van der Waals surface area (Å²) in [6.07, 6.45) is 1.27. The predicted molar refractivity (Wildman–Crippen MR) is 95.6 cm³/mol. The van der Waals surface area contributed by atoms with E-state index >= 15 is 0 Å². The molecule has 4 rings (SSSR count). The quantitative estimate of drug-likeness (QED) is 0.765. The van der Waals surface area contributed by atoms with Gasteiger partial charge in [-0.15, -0.1) is 0 Å². The summed E-state index contributed by atoms with van der Waals surface area (Å²) < 4.78 is 11.8. The first kappa shape index (κ1) is 16.8. The number of fused-ring (bicyclic) bond motifs is 2. The number of aromatic amines is 1. The van der Waals surface area contributed by atoms with Crippen molar-refractivity contribution in [1.29, 1.82) is 0 Å². The van der Waals surface area contributed by atoms with E-state index in [1.54, 1.807) is 12.1 Å². The molecule has 7 heteroatoms. The van der Waals surface area contributed by atoms with Gasteiger partial charge >= 0.3 is 0 Å². The van der Waals surface area contributed by atoms with E-state index in [9.17, 15) is 4.79 Å². The Balaban J connectivity index is 1.48. The van der Waals surface area contributed by atoms with E-state index in [2.05, 4.69) is 10.3 Å². The number of hydrogen-bond acceptors (Lipinski definition) is 4. The minimum atomic E-state index is -0.593. The maximum absolute atomic E-state index is 12.6. The zero-order chi connectivity index (χ0) is 17.8. The summed E-state index contributed by atoms with van der Waals surface area (Å²) in [5.41, 5.74) is 7.63. The molecule has 1 aromatic heterocycles. The van der Waals surface area contributed by atoms with Crippen LogP contribution in [0.2, 0.25) is 5.02 Å². The molecule has 1 aliphatic heterocycles. The van der Waals surface area contributed by atoms with Gasteiger partial charge < -0.3 is 25.5 Å². The van der Waals surface area contributed by atoms with Gasteiger partial charge in [0.2, 0.25) is 0 Å². The first-order chi connectivity index (χ1) is 11.8. The normalized spacial score (nSPS) is 31.0. The molecule has 0 radical (unpaired) electrons. The van der Waals surface area contributed by atoms with E-state index in [0.29, 0.717) is 23.6 Å². The first-order valence-electron chi connectivity index (χ1n) is 8.51. The van der Waals surface area contributed by atoms with Crippen molar-refractivity contribution in [2.75, 3.05) is 0 Å². The first-order valence-corrected chi connectivity index (χ1v) is 8.89. The van der Waals surface area contributed by atoms with Gasteiger partial charge in [-0.2, -0.15) is 0 Å². The van der Waals surface area contributed by atoms with E-state index < -0.39 is 5.79 Å². The van der Waals surface area contributed by atoms with Crippen LogP contribution >= 0.6 is 11.6 Å². The molecule has 4 atom stereocenters. The molecule has 2 aromatic rings. The Morgan fingerprint density at radius 2 is 2.00 bits per heavy atom. The Kier molecular flexibility index (Phi) is 4.03. The smallest absolute Gasteiger partial charge is 0.268 e. The maximum atomic E-state index is 12.6. The number of benzene rings is 1. The molecule has 1 aromatic carbocycles. The standard InChI is InChI=1S/C18H22ClN3O3/c1-18(2)24-15-7-11(20)13(8-16(15)25-18)22-17(23)14-6-9-5-10(19)3-4-12(9)21-14/h3-6,11,13,15-16,21H,7-8,20H2,1-2H3,(H,22,23)/t11-,13+,15?,16?/m1/s1. The highest BCUT2D eigenvalue weighted by Crippen LogP contribution is 2.36. The lowest BCUT2D eigenvalue weighted by Crippen LogP contribution is -2.55. The second-order valence-electron chi connectivity index (χ2n) is 7.34. The number of carbonyl (C=O) groups is 1. The van der Waals surface area contributed by atoms with Gasteiger partial charge in [-0.3, -0.25) is 4.79 Å². The van der Waals surface area contributed by atoms with Crippen LogP contribution in [0.3, 0.4) is 0 Å². The molecular formula is C18H22ClN3O3. The van der Waals surface area contributed by atoms with Crippen LogP contribution in [0.1, 0.15) is 37.2 Å². The van der Waals surface area contributed by atoms with Gasteiger partial charge in [0.15, 0.2) is 5.79 Å². The molecule has 1 amide bonds. The molecule has 1 saturated heterocycles. The molecule has 1 saturated carbocycles. The van der Waals surface area contributed by atoms with E-state index in [4.69, 9.17) is 26.8 Å². The van der Waals surface area contributed by atoms with E-state index in [1.165, 1.54) is 0 Å². The van der Waals surface area contributed by atoms with Gasteiger partial charge in [-0.05, 0) is 51.0 Å². The van der Waals surface area contributed by atoms with Crippen molar-refractivity contribution in [2.24, 2.45) is 5.73 Å². The van der Waals surface area contributed by atoms with Gasteiger partial charge in [0.25, 0.3) is 5.91 Å².